The average Bonchev–Trinajstić information content (AvgIpc) is 2.87. The third kappa shape index (κ3) is 8.53. The predicted molar refractivity (Wildman–Crippen MR) is 153 cm³/mol. The number of nitrogens with zero attached hydrogens (tertiary/aromatic N) is 2. The van der Waals surface area contributed by atoms with Crippen LogP contribution in [0.3, 0.4) is 0 Å². The number of hydrogen-bond donors (Lipinski definition) is 1. The van der Waals surface area contributed by atoms with E-state index in [0.717, 1.165) is 39.4 Å². The van der Waals surface area contributed by atoms with E-state index in [1.807, 2.05) is 75.4 Å². The lowest BCUT2D eigenvalue weighted by atomic mass is 10.0. The summed E-state index contributed by atoms with van der Waals surface area (Å²) in [6.07, 6.45) is 1.17. The summed E-state index contributed by atoms with van der Waals surface area (Å²) in [5, 5.41) is 2.62. The molecule has 10 heteroatoms. The second kappa shape index (κ2) is 13.1. The zero-order chi connectivity index (χ0) is 28.7. The van der Waals surface area contributed by atoms with Crippen molar-refractivity contribution < 1.29 is 22.4 Å². The molecule has 208 valence electrons. The standard InChI is InChI=1S/C29H33ClFN3O4S/c1-20(2)32-29(36)27(16-22-8-6-5-7-9-22)33(18-23-12-10-21(3)11-13-23)28(35)19-34(39(4,37)38)24-14-15-26(31)25(30)17-24/h5-15,17,20,27H,16,18-19H2,1-4H3,(H,32,36). The highest BCUT2D eigenvalue weighted by molar-refractivity contribution is 7.92. The Morgan fingerprint density at radius 2 is 1.62 bits per heavy atom. The molecule has 0 saturated carbocycles. The van der Waals surface area contributed by atoms with E-state index >= 15 is 0 Å². The maximum absolute atomic E-state index is 14.0. The van der Waals surface area contributed by atoms with Gasteiger partial charge < -0.3 is 10.2 Å². The molecule has 0 radical (unpaired) electrons. The van der Waals surface area contributed by atoms with Gasteiger partial charge in [-0.3, -0.25) is 13.9 Å². The lowest BCUT2D eigenvalue weighted by Gasteiger charge is -2.34. The molecule has 7 nitrogen and oxygen atoms in total. The maximum Gasteiger partial charge on any atom is 0.244 e. The summed E-state index contributed by atoms with van der Waals surface area (Å²) in [6.45, 7) is 5.07. The number of benzene rings is 3. The van der Waals surface area contributed by atoms with Crippen molar-refractivity contribution in [2.24, 2.45) is 0 Å². The average molecular weight is 574 g/mol. The van der Waals surface area contributed by atoms with Crippen LogP contribution < -0.4 is 9.62 Å². The summed E-state index contributed by atoms with van der Waals surface area (Å²) in [5.74, 6) is -1.67. The molecule has 3 aromatic carbocycles. The molecule has 0 aromatic heterocycles. The van der Waals surface area contributed by atoms with Crippen LogP contribution in [-0.2, 0) is 32.6 Å². The molecule has 3 rings (SSSR count). The van der Waals surface area contributed by atoms with Gasteiger partial charge in [-0.1, -0.05) is 71.8 Å². The molecule has 0 spiro atoms. The summed E-state index contributed by atoms with van der Waals surface area (Å²) in [4.78, 5) is 28.8. The number of sulfonamides is 1. The molecular weight excluding hydrogens is 541 g/mol. The summed E-state index contributed by atoms with van der Waals surface area (Å²) in [7, 11) is -3.97. The highest BCUT2D eigenvalue weighted by atomic mass is 35.5. The number of hydrogen-bond acceptors (Lipinski definition) is 4. The largest absolute Gasteiger partial charge is 0.352 e. The van der Waals surface area contributed by atoms with Gasteiger partial charge in [-0.05, 0) is 50.1 Å². The number of carbonyl (C=O) groups excluding carboxylic acids is 2. The lowest BCUT2D eigenvalue weighted by Crippen LogP contribution is -2.54. The van der Waals surface area contributed by atoms with Crippen molar-refractivity contribution in [1.82, 2.24) is 10.2 Å². The van der Waals surface area contributed by atoms with E-state index in [2.05, 4.69) is 5.32 Å². The lowest BCUT2D eigenvalue weighted by molar-refractivity contribution is -0.140. The zero-order valence-corrected chi connectivity index (χ0v) is 24.0. The van der Waals surface area contributed by atoms with Gasteiger partial charge in [-0.15, -0.1) is 0 Å². The molecule has 0 aliphatic carbocycles. The third-order valence-electron chi connectivity index (χ3n) is 6.05. The smallest absolute Gasteiger partial charge is 0.244 e. The normalized spacial score (nSPS) is 12.2. The molecule has 1 unspecified atom stereocenters. The highest BCUT2D eigenvalue weighted by Gasteiger charge is 2.33. The van der Waals surface area contributed by atoms with Crippen molar-refractivity contribution in [3.8, 4) is 0 Å². The number of rotatable bonds is 11. The van der Waals surface area contributed by atoms with Crippen molar-refractivity contribution in [3.05, 3.63) is 100 Å². The van der Waals surface area contributed by atoms with Gasteiger partial charge >= 0.3 is 0 Å². The minimum absolute atomic E-state index is 0.0405. The van der Waals surface area contributed by atoms with Gasteiger partial charge in [0.1, 0.15) is 18.4 Å². The van der Waals surface area contributed by atoms with Gasteiger partial charge in [0.15, 0.2) is 0 Å². The third-order valence-corrected chi connectivity index (χ3v) is 7.48. The van der Waals surface area contributed by atoms with Crippen LogP contribution >= 0.6 is 11.6 Å². The fraction of sp³-hybridized carbons (Fsp3) is 0.310. The maximum atomic E-state index is 14.0. The molecule has 0 fully saturated rings. The Bertz CT molecular complexity index is 1400. The predicted octanol–water partition coefficient (Wildman–Crippen LogP) is 4.72. The van der Waals surface area contributed by atoms with Gasteiger partial charge in [-0.2, -0.15) is 0 Å². The number of anilines is 1. The topological polar surface area (TPSA) is 86.8 Å². The Hall–Kier alpha value is -3.43. The van der Waals surface area contributed by atoms with Gasteiger partial charge in [0.05, 0.1) is 17.0 Å². The van der Waals surface area contributed by atoms with Crippen LogP contribution in [0.4, 0.5) is 10.1 Å². The van der Waals surface area contributed by atoms with Crippen molar-refractivity contribution in [1.29, 1.82) is 0 Å². The van der Waals surface area contributed by atoms with E-state index in [0.29, 0.717) is 0 Å². The molecule has 39 heavy (non-hydrogen) atoms. The Morgan fingerprint density at radius 1 is 0.974 bits per heavy atom. The number of aryl methyl sites for hydroxylation is 1. The van der Waals surface area contributed by atoms with Crippen molar-refractivity contribution in [3.63, 3.8) is 0 Å². The number of amides is 2. The van der Waals surface area contributed by atoms with Gasteiger partial charge in [0.2, 0.25) is 21.8 Å². The van der Waals surface area contributed by atoms with Gasteiger partial charge in [-0.25, -0.2) is 12.8 Å². The highest BCUT2D eigenvalue weighted by Crippen LogP contribution is 2.25. The molecule has 0 heterocycles. The van der Waals surface area contributed by atoms with Crippen LogP contribution in [0.5, 0.6) is 0 Å². The summed E-state index contributed by atoms with van der Waals surface area (Å²) >= 11 is 5.91. The van der Waals surface area contributed by atoms with Crippen molar-refractivity contribution in [2.75, 3.05) is 17.1 Å². The number of halogens is 2. The molecule has 0 aliphatic heterocycles. The summed E-state index contributed by atoms with van der Waals surface area (Å²) in [6, 6.07) is 19.2. The molecular formula is C29H33ClFN3O4S. The van der Waals surface area contributed by atoms with Gasteiger partial charge in [0, 0.05) is 19.0 Å². The van der Waals surface area contributed by atoms with Crippen molar-refractivity contribution >= 4 is 39.1 Å². The van der Waals surface area contributed by atoms with Crippen LogP contribution in [0.25, 0.3) is 0 Å². The first-order valence-electron chi connectivity index (χ1n) is 12.5. The fourth-order valence-electron chi connectivity index (χ4n) is 4.08. The Labute approximate surface area is 234 Å². The van der Waals surface area contributed by atoms with Gasteiger partial charge in [0.25, 0.3) is 0 Å². The first-order valence-corrected chi connectivity index (χ1v) is 14.7. The zero-order valence-electron chi connectivity index (χ0n) is 22.4. The first kappa shape index (κ1) is 30.1. The SMILES string of the molecule is Cc1ccc(CN(C(=O)CN(c2ccc(F)c(Cl)c2)S(C)(=O)=O)C(Cc2ccccc2)C(=O)NC(C)C)cc1. The second-order valence-corrected chi connectivity index (χ2v) is 12.1. The summed E-state index contributed by atoms with van der Waals surface area (Å²) < 4.78 is 40.2. The molecule has 1 atom stereocenters. The Morgan fingerprint density at radius 3 is 2.18 bits per heavy atom. The van der Waals surface area contributed by atoms with Crippen LogP contribution in [0, 0.1) is 12.7 Å². The quantitative estimate of drug-likeness (QED) is 0.360. The van der Waals surface area contributed by atoms with E-state index < -0.39 is 34.3 Å². The Kier molecular flexibility index (Phi) is 10.1. The minimum Gasteiger partial charge on any atom is -0.352 e. The van der Waals surface area contributed by atoms with Crippen LogP contribution in [0.1, 0.15) is 30.5 Å². The number of carbonyl (C=O) groups is 2. The molecule has 1 N–H and O–H groups in total. The van der Waals surface area contributed by atoms with Crippen LogP contribution in [-0.4, -0.2) is 50.0 Å². The minimum atomic E-state index is -3.97. The summed E-state index contributed by atoms with van der Waals surface area (Å²) in [5.41, 5.74) is 2.69. The van der Waals surface area contributed by atoms with Crippen LogP contribution in [0.15, 0.2) is 72.8 Å². The number of nitrogens with one attached hydrogen (secondary N) is 1. The molecule has 3 aromatic rings. The first-order chi connectivity index (χ1) is 18.3. The fourth-order valence-corrected chi connectivity index (χ4v) is 5.09. The van der Waals surface area contributed by atoms with E-state index in [4.69, 9.17) is 11.6 Å². The van der Waals surface area contributed by atoms with E-state index in [-0.39, 0.29) is 35.6 Å². The molecule has 0 bridgehead atoms. The molecule has 0 saturated heterocycles. The molecule has 2 amide bonds. The van der Waals surface area contributed by atoms with Crippen LogP contribution in [0.2, 0.25) is 5.02 Å². The van der Waals surface area contributed by atoms with E-state index in [9.17, 15) is 22.4 Å². The van der Waals surface area contributed by atoms with Crippen molar-refractivity contribution in [2.45, 2.75) is 45.8 Å². The second-order valence-electron chi connectivity index (χ2n) is 9.74. The van der Waals surface area contributed by atoms with E-state index in [1.54, 1.807) is 0 Å². The molecule has 0 aliphatic rings. The van der Waals surface area contributed by atoms with E-state index in [1.165, 1.54) is 11.0 Å². The monoisotopic (exact) mass is 573 g/mol. The Balaban J connectivity index is 2.06.